The first-order valence-corrected chi connectivity index (χ1v) is 8.71. The zero-order valence-electron chi connectivity index (χ0n) is 15.3. The maximum atomic E-state index is 12.4. The van der Waals surface area contributed by atoms with E-state index in [1.165, 1.54) is 12.1 Å². The Kier molecular flexibility index (Phi) is 5.56. The molecule has 0 saturated carbocycles. The highest BCUT2D eigenvalue weighted by molar-refractivity contribution is 5.97. The van der Waals surface area contributed by atoms with Crippen LogP contribution < -0.4 is 0 Å². The van der Waals surface area contributed by atoms with E-state index in [9.17, 15) is 9.59 Å². The van der Waals surface area contributed by atoms with Crippen LogP contribution in [0.1, 0.15) is 38.8 Å². The lowest BCUT2D eigenvalue weighted by atomic mass is 10.0. The Hall–Kier alpha value is -3.85. The van der Waals surface area contributed by atoms with Crippen molar-refractivity contribution < 1.29 is 19.4 Å². The van der Waals surface area contributed by atoms with Crippen molar-refractivity contribution in [2.45, 2.75) is 13.5 Å². The Labute approximate surface area is 162 Å². The van der Waals surface area contributed by atoms with Crippen molar-refractivity contribution in [1.29, 1.82) is 5.26 Å². The third-order valence-corrected chi connectivity index (χ3v) is 4.24. The molecule has 1 heterocycles. The Morgan fingerprint density at radius 1 is 1.14 bits per heavy atom. The summed E-state index contributed by atoms with van der Waals surface area (Å²) < 4.78 is 7.01. The molecule has 6 heteroatoms. The normalized spacial score (nSPS) is 10.3. The molecule has 6 nitrogen and oxygen atoms in total. The van der Waals surface area contributed by atoms with Crippen LogP contribution in [0.3, 0.4) is 0 Å². The summed E-state index contributed by atoms with van der Waals surface area (Å²) in [5.74, 6) is -1.45. The molecule has 0 atom stereocenters. The number of nitriles is 1. The topological polar surface area (TPSA) is 92.3 Å². The van der Waals surface area contributed by atoms with Gasteiger partial charge in [0.1, 0.15) is 0 Å². The van der Waals surface area contributed by atoms with E-state index in [4.69, 9.17) is 15.1 Å². The minimum atomic E-state index is -1.01. The average Bonchev–Trinajstić information content (AvgIpc) is 3.12. The van der Waals surface area contributed by atoms with E-state index in [1.54, 1.807) is 37.4 Å². The molecular weight excluding hydrogens is 356 g/mol. The predicted octanol–water partition coefficient (Wildman–Crippen LogP) is 3.95. The maximum Gasteiger partial charge on any atom is 0.340 e. The van der Waals surface area contributed by atoms with Gasteiger partial charge in [0, 0.05) is 24.5 Å². The van der Waals surface area contributed by atoms with E-state index in [0.717, 1.165) is 11.1 Å². The molecule has 1 aromatic heterocycles. The first-order chi connectivity index (χ1) is 13.5. The molecule has 3 rings (SSSR count). The highest BCUT2D eigenvalue weighted by Crippen LogP contribution is 2.27. The minimum Gasteiger partial charge on any atom is -0.478 e. The minimum absolute atomic E-state index is 0.175. The molecule has 0 spiro atoms. The van der Waals surface area contributed by atoms with E-state index in [1.807, 2.05) is 22.9 Å². The zero-order valence-corrected chi connectivity index (χ0v) is 15.3. The first kappa shape index (κ1) is 18.9. The van der Waals surface area contributed by atoms with Crippen molar-refractivity contribution in [2.75, 3.05) is 6.61 Å². The summed E-state index contributed by atoms with van der Waals surface area (Å²) in [6.45, 7) is 2.48. The monoisotopic (exact) mass is 374 g/mol. The SMILES string of the molecule is CCOC(=O)c1cn(Cc2cccc(C#N)c2)cc1-c1ccc(C(=O)O)cc1. The number of ether oxygens (including phenoxy) is 1. The fourth-order valence-corrected chi connectivity index (χ4v) is 2.94. The number of aromatic nitrogens is 1. The van der Waals surface area contributed by atoms with Crippen molar-refractivity contribution in [3.8, 4) is 17.2 Å². The second-order valence-corrected chi connectivity index (χ2v) is 6.17. The van der Waals surface area contributed by atoms with Gasteiger partial charge in [-0.05, 0) is 42.3 Å². The average molecular weight is 374 g/mol. The Morgan fingerprint density at radius 3 is 2.54 bits per heavy atom. The number of esters is 1. The zero-order chi connectivity index (χ0) is 20.1. The van der Waals surface area contributed by atoms with Crippen LogP contribution in [0.25, 0.3) is 11.1 Å². The number of benzene rings is 2. The van der Waals surface area contributed by atoms with Gasteiger partial charge in [-0.2, -0.15) is 5.26 Å². The number of hydrogen-bond acceptors (Lipinski definition) is 4. The van der Waals surface area contributed by atoms with Gasteiger partial charge < -0.3 is 14.4 Å². The van der Waals surface area contributed by atoms with Crippen molar-refractivity contribution >= 4 is 11.9 Å². The van der Waals surface area contributed by atoms with Gasteiger partial charge in [0.2, 0.25) is 0 Å². The van der Waals surface area contributed by atoms with Crippen molar-refractivity contribution in [1.82, 2.24) is 4.57 Å². The first-order valence-electron chi connectivity index (χ1n) is 8.71. The molecule has 2 aromatic carbocycles. The molecule has 0 radical (unpaired) electrons. The van der Waals surface area contributed by atoms with Crippen LogP contribution in [-0.2, 0) is 11.3 Å². The van der Waals surface area contributed by atoms with Crippen LogP contribution in [0.15, 0.2) is 60.9 Å². The van der Waals surface area contributed by atoms with Crippen LogP contribution in [0.5, 0.6) is 0 Å². The number of carbonyl (C=O) groups is 2. The summed E-state index contributed by atoms with van der Waals surface area (Å²) in [5.41, 5.74) is 3.46. The Balaban J connectivity index is 1.99. The molecule has 1 N–H and O–H groups in total. The lowest BCUT2D eigenvalue weighted by Gasteiger charge is -2.04. The van der Waals surface area contributed by atoms with Crippen LogP contribution in [0.4, 0.5) is 0 Å². The summed E-state index contributed by atoms with van der Waals surface area (Å²) in [6.07, 6.45) is 3.53. The summed E-state index contributed by atoms with van der Waals surface area (Å²) >= 11 is 0. The Morgan fingerprint density at radius 2 is 1.89 bits per heavy atom. The smallest absolute Gasteiger partial charge is 0.340 e. The summed E-state index contributed by atoms with van der Waals surface area (Å²) in [4.78, 5) is 23.5. The number of hydrogen-bond donors (Lipinski definition) is 1. The molecule has 0 aliphatic heterocycles. The second-order valence-electron chi connectivity index (χ2n) is 6.17. The molecule has 140 valence electrons. The van der Waals surface area contributed by atoms with Gasteiger partial charge in [-0.3, -0.25) is 0 Å². The molecule has 3 aromatic rings. The lowest BCUT2D eigenvalue weighted by Crippen LogP contribution is -2.05. The highest BCUT2D eigenvalue weighted by Gasteiger charge is 2.18. The standard InChI is InChI=1S/C22H18N2O4/c1-2-28-22(27)20-14-24(12-16-5-3-4-15(10-16)11-23)13-19(20)17-6-8-18(9-7-17)21(25)26/h3-10,13-14H,2,12H2,1H3,(H,25,26). The van der Waals surface area contributed by atoms with Crippen molar-refractivity contribution in [3.05, 3.63) is 83.2 Å². The van der Waals surface area contributed by atoms with Gasteiger partial charge in [0.25, 0.3) is 0 Å². The molecule has 0 aliphatic carbocycles. The molecular formula is C22H18N2O4. The third kappa shape index (κ3) is 4.10. The number of nitrogens with zero attached hydrogens (tertiary/aromatic N) is 2. The molecule has 28 heavy (non-hydrogen) atoms. The summed E-state index contributed by atoms with van der Waals surface area (Å²) in [6, 6.07) is 15.7. The van der Waals surface area contributed by atoms with Crippen LogP contribution >= 0.6 is 0 Å². The largest absolute Gasteiger partial charge is 0.478 e. The quantitative estimate of drug-likeness (QED) is 0.660. The fourth-order valence-electron chi connectivity index (χ4n) is 2.94. The Bertz CT molecular complexity index is 1060. The third-order valence-electron chi connectivity index (χ3n) is 4.24. The molecule has 0 unspecified atom stereocenters. The van der Waals surface area contributed by atoms with E-state index in [-0.39, 0.29) is 12.2 Å². The van der Waals surface area contributed by atoms with Crippen molar-refractivity contribution in [3.63, 3.8) is 0 Å². The van der Waals surface area contributed by atoms with E-state index in [2.05, 4.69) is 6.07 Å². The predicted molar refractivity (Wildman–Crippen MR) is 103 cm³/mol. The van der Waals surface area contributed by atoms with Crippen LogP contribution in [-0.4, -0.2) is 28.2 Å². The molecule has 0 amide bonds. The fraction of sp³-hybridized carbons (Fsp3) is 0.136. The molecule has 0 aliphatic rings. The van der Waals surface area contributed by atoms with Gasteiger partial charge in [0.05, 0.1) is 29.4 Å². The van der Waals surface area contributed by atoms with Gasteiger partial charge in [-0.15, -0.1) is 0 Å². The lowest BCUT2D eigenvalue weighted by molar-refractivity contribution is 0.0526. The number of carboxylic acid groups (broad SMARTS) is 1. The van der Waals surface area contributed by atoms with E-state index in [0.29, 0.717) is 23.2 Å². The van der Waals surface area contributed by atoms with Gasteiger partial charge in [-0.25, -0.2) is 9.59 Å². The molecule has 0 bridgehead atoms. The van der Waals surface area contributed by atoms with Crippen LogP contribution in [0, 0.1) is 11.3 Å². The van der Waals surface area contributed by atoms with Crippen LogP contribution in [0.2, 0.25) is 0 Å². The molecule has 0 fully saturated rings. The number of carbonyl (C=O) groups excluding carboxylic acids is 1. The van der Waals surface area contributed by atoms with E-state index >= 15 is 0 Å². The molecule has 0 saturated heterocycles. The van der Waals surface area contributed by atoms with Gasteiger partial charge >= 0.3 is 11.9 Å². The van der Waals surface area contributed by atoms with E-state index < -0.39 is 11.9 Å². The number of aromatic carboxylic acids is 1. The number of rotatable bonds is 6. The van der Waals surface area contributed by atoms with Gasteiger partial charge in [0.15, 0.2) is 0 Å². The highest BCUT2D eigenvalue weighted by atomic mass is 16.5. The number of carboxylic acids is 1. The van der Waals surface area contributed by atoms with Crippen molar-refractivity contribution in [2.24, 2.45) is 0 Å². The van der Waals surface area contributed by atoms with Gasteiger partial charge in [-0.1, -0.05) is 24.3 Å². The summed E-state index contributed by atoms with van der Waals surface area (Å²) in [7, 11) is 0. The summed E-state index contributed by atoms with van der Waals surface area (Å²) in [5, 5.41) is 18.1. The second kappa shape index (κ2) is 8.23. The maximum absolute atomic E-state index is 12.4.